The Morgan fingerprint density at radius 2 is 1.04 bits per heavy atom. The number of fused-ring (bicyclic) bond motifs is 9. The zero-order chi connectivity index (χ0) is 36.0. The van der Waals surface area contributed by atoms with Gasteiger partial charge in [-0.15, -0.1) is 0 Å². The minimum absolute atomic E-state index is 0.154. The maximum absolute atomic E-state index is 6.62. The third kappa shape index (κ3) is 4.60. The molecule has 0 amide bonds. The van der Waals surface area contributed by atoms with E-state index in [1.54, 1.807) is 0 Å². The highest BCUT2D eigenvalue weighted by Crippen LogP contribution is 2.49. The van der Waals surface area contributed by atoms with E-state index in [2.05, 4.69) is 172 Å². The van der Waals surface area contributed by atoms with Crippen LogP contribution in [-0.4, -0.2) is 15.0 Å². The maximum atomic E-state index is 6.62. The van der Waals surface area contributed by atoms with Gasteiger partial charge in [-0.25, -0.2) is 15.0 Å². The Balaban J connectivity index is 1.18. The lowest BCUT2D eigenvalue weighted by molar-refractivity contribution is 0.660. The number of nitrogens with zero attached hydrogens (tertiary/aromatic N) is 3. The molecule has 0 bridgehead atoms. The molecule has 1 aliphatic carbocycles. The molecule has 0 unspecified atom stereocenters. The maximum Gasteiger partial charge on any atom is 0.164 e. The fourth-order valence-corrected chi connectivity index (χ4v) is 8.60. The molecule has 0 saturated carbocycles. The normalized spacial score (nSPS) is 13.1. The van der Waals surface area contributed by atoms with E-state index < -0.39 is 0 Å². The molecule has 4 heteroatoms. The molecule has 10 aromatic rings. The molecule has 0 atom stereocenters. The number of furan rings is 1. The zero-order valence-corrected chi connectivity index (χ0v) is 29.8. The molecule has 0 spiro atoms. The van der Waals surface area contributed by atoms with Crippen LogP contribution < -0.4 is 0 Å². The van der Waals surface area contributed by atoms with Crippen LogP contribution in [0.15, 0.2) is 168 Å². The monoisotopic (exact) mass is 691 g/mol. The van der Waals surface area contributed by atoms with Crippen LogP contribution in [0.1, 0.15) is 25.0 Å². The summed E-state index contributed by atoms with van der Waals surface area (Å²) in [5.74, 6) is 1.91. The minimum Gasteiger partial charge on any atom is -0.455 e. The van der Waals surface area contributed by atoms with Gasteiger partial charge in [-0.05, 0) is 73.8 Å². The molecule has 0 aliphatic heterocycles. The first-order chi connectivity index (χ1) is 26.5. The Bertz CT molecular complexity index is 3130. The van der Waals surface area contributed by atoms with Crippen LogP contribution >= 0.6 is 0 Å². The zero-order valence-electron chi connectivity index (χ0n) is 29.8. The van der Waals surface area contributed by atoms with Crippen LogP contribution in [0.5, 0.6) is 0 Å². The summed E-state index contributed by atoms with van der Waals surface area (Å²) in [6, 6.07) is 57.8. The van der Waals surface area contributed by atoms with Gasteiger partial charge in [0.25, 0.3) is 0 Å². The lowest BCUT2D eigenvalue weighted by Gasteiger charge is -2.21. The number of rotatable bonds is 4. The standard InChI is InChI=1S/C50H33N3O/c1-50(2)43-22-11-10-19-36(43)37-25-23-33(28-44(37)50)47-51-48(39-21-12-16-31-15-6-7-17-34(31)39)53-49(52-47)42-29-41-40-27-32(30-13-4-3-5-14-30)24-26-45(40)54-46(41)38-20-9-8-18-35(38)42/h3-29H,1-2H3. The van der Waals surface area contributed by atoms with E-state index in [0.717, 1.165) is 71.3 Å². The molecule has 8 aromatic carbocycles. The van der Waals surface area contributed by atoms with Crippen LogP contribution in [0.2, 0.25) is 0 Å². The molecule has 1 aliphatic rings. The number of aromatic nitrogens is 3. The van der Waals surface area contributed by atoms with Crippen molar-refractivity contribution in [1.82, 2.24) is 15.0 Å². The van der Waals surface area contributed by atoms with Gasteiger partial charge >= 0.3 is 0 Å². The second-order valence-corrected chi connectivity index (χ2v) is 14.8. The minimum atomic E-state index is -0.154. The smallest absolute Gasteiger partial charge is 0.164 e. The molecule has 2 aromatic heterocycles. The summed E-state index contributed by atoms with van der Waals surface area (Å²) < 4.78 is 6.62. The van der Waals surface area contributed by atoms with E-state index in [9.17, 15) is 0 Å². The number of hydrogen-bond acceptors (Lipinski definition) is 4. The lowest BCUT2D eigenvalue weighted by atomic mass is 9.82. The second-order valence-electron chi connectivity index (χ2n) is 14.8. The molecular weight excluding hydrogens is 659 g/mol. The Hall–Kier alpha value is -6.91. The van der Waals surface area contributed by atoms with Crippen molar-refractivity contribution in [2.75, 3.05) is 0 Å². The van der Waals surface area contributed by atoms with Gasteiger partial charge < -0.3 is 4.42 Å². The van der Waals surface area contributed by atoms with Crippen LogP contribution in [0.4, 0.5) is 0 Å². The average Bonchev–Trinajstić information content (AvgIpc) is 3.71. The summed E-state index contributed by atoms with van der Waals surface area (Å²) in [5.41, 5.74) is 11.9. The predicted molar refractivity (Wildman–Crippen MR) is 221 cm³/mol. The summed E-state index contributed by atoms with van der Waals surface area (Å²) in [6.07, 6.45) is 0. The Morgan fingerprint density at radius 3 is 1.91 bits per heavy atom. The quantitative estimate of drug-likeness (QED) is 0.184. The van der Waals surface area contributed by atoms with Crippen molar-refractivity contribution in [2.24, 2.45) is 0 Å². The number of benzene rings is 8. The first kappa shape index (κ1) is 30.7. The topological polar surface area (TPSA) is 51.8 Å². The Morgan fingerprint density at radius 1 is 0.389 bits per heavy atom. The highest BCUT2D eigenvalue weighted by Gasteiger charge is 2.35. The largest absolute Gasteiger partial charge is 0.455 e. The molecular formula is C50H33N3O. The molecule has 4 nitrogen and oxygen atoms in total. The van der Waals surface area contributed by atoms with Crippen LogP contribution in [0.3, 0.4) is 0 Å². The van der Waals surface area contributed by atoms with Gasteiger partial charge in [0.1, 0.15) is 11.2 Å². The Labute approximate surface area is 312 Å². The van der Waals surface area contributed by atoms with Gasteiger partial charge in [0.2, 0.25) is 0 Å². The second kappa shape index (κ2) is 11.5. The van der Waals surface area contributed by atoms with Crippen molar-refractivity contribution >= 4 is 43.5 Å². The highest BCUT2D eigenvalue weighted by molar-refractivity contribution is 6.19. The summed E-state index contributed by atoms with van der Waals surface area (Å²) in [4.78, 5) is 15.9. The molecule has 54 heavy (non-hydrogen) atoms. The molecule has 0 fully saturated rings. The Kier molecular flexibility index (Phi) is 6.56. The van der Waals surface area contributed by atoms with Crippen molar-refractivity contribution in [3.63, 3.8) is 0 Å². The lowest BCUT2D eigenvalue weighted by Crippen LogP contribution is -2.15. The van der Waals surface area contributed by atoms with Crippen LogP contribution in [0, 0.1) is 0 Å². The molecule has 2 heterocycles. The van der Waals surface area contributed by atoms with E-state index in [4.69, 9.17) is 19.4 Å². The van der Waals surface area contributed by atoms with Gasteiger partial charge in [0, 0.05) is 38.3 Å². The highest BCUT2D eigenvalue weighted by atomic mass is 16.3. The molecule has 254 valence electrons. The molecule has 0 N–H and O–H groups in total. The predicted octanol–water partition coefficient (Wildman–Crippen LogP) is 13.1. The average molecular weight is 692 g/mol. The van der Waals surface area contributed by atoms with Crippen LogP contribution in [0.25, 0.3) is 99.9 Å². The van der Waals surface area contributed by atoms with E-state index in [1.165, 1.54) is 22.3 Å². The van der Waals surface area contributed by atoms with Gasteiger partial charge in [-0.1, -0.05) is 153 Å². The fraction of sp³-hybridized carbons (Fsp3) is 0.0600. The number of hydrogen-bond donors (Lipinski definition) is 0. The first-order valence-electron chi connectivity index (χ1n) is 18.4. The van der Waals surface area contributed by atoms with Gasteiger partial charge in [0.15, 0.2) is 17.5 Å². The molecule has 0 saturated heterocycles. The van der Waals surface area contributed by atoms with Crippen molar-refractivity contribution in [2.45, 2.75) is 19.3 Å². The van der Waals surface area contributed by atoms with Crippen molar-refractivity contribution in [1.29, 1.82) is 0 Å². The van der Waals surface area contributed by atoms with E-state index in [1.807, 2.05) is 6.07 Å². The van der Waals surface area contributed by atoms with Crippen molar-refractivity contribution in [3.8, 4) is 56.4 Å². The first-order valence-corrected chi connectivity index (χ1v) is 18.4. The summed E-state index contributed by atoms with van der Waals surface area (Å²) in [7, 11) is 0. The third-order valence-electron chi connectivity index (χ3n) is 11.3. The van der Waals surface area contributed by atoms with Gasteiger partial charge in [-0.3, -0.25) is 0 Å². The van der Waals surface area contributed by atoms with E-state index in [0.29, 0.717) is 17.5 Å². The molecule has 11 rings (SSSR count). The summed E-state index contributed by atoms with van der Waals surface area (Å²) in [6.45, 7) is 4.61. The summed E-state index contributed by atoms with van der Waals surface area (Å²) in [5, 5.41) is 6.38. The van der Waals surface area contributed by atoms with Crippen molar-refractivity contribution < 1.29 is 4.42 Å². The SMILES string of the molecule is CC1(C)c2ccccc2-c2ccc(-c3nc(-c4cccc5ccccc45)nc(-c4cc5c6cc(-c7ccccc7)ccc6oc5c5ccccc45)n3)cc21. The van der Waals surface area contributed by atoms with Crippen LogP contribution in [-0.2, 0) is 5.41 Å². The van der Waals surface area contributed by atoms with Gasteiger partial charge in [0.05, 0.1) is 0 Å². The van der Waals surface area contributed by atoms with Crippen molar-refractivity contribution in [3.05, 3.63) is 175 Å². The molecule has 0 radical (unpaired) electrons. The van der Waals surface area contributed by atoms with E-state index >= 15 is 0 Å². The summed E-state index contributed by atoms with van der Waals surface area (Å²) >= 11 is 0. The fourth-order valence-electron chi connectivity index (χ4n) is 8.60. The van der Waals surface area contributed by atoms with E-state index in [-0.39, 0.29) is 5.41 Å². The third-order valence-corrected chi connectivity index (χ3v) is 11.3. The van der Waals surface area contributed by atoms with Gasteiger partial charge in [-0.2, -0.15) is 0 Å².